The number of aliphatic hydroxyl groups is 1. The average molecular weight is 543 g/mol. The van der Waals surface area contributed by atoms with E-state index in [1.54, 1.807) is 33.8 Å². The minimum Gasteiger partial charge on any atom is -0.508 e. The van der Waals surface area contributed by atoms with Gasteiger partial charge in [-0.25, -0.2) is 4.79 Å². The number of primary amides is 1. The Hall–Kier alpha value is -4.12. The average Bonchev–Trinajstić information content (AvgIpc) is 2.81. The van der Waals surface area contributed by atoms with Gasteiger partial charge in [0, 0.05) is 12.2 Å². The number of aliphatic hydroxyl groups excluding tert-OH is 1. The zero-order valence-electron chi connectivity index (χ0n) is 23.2. The Morgan fingerprint density at radius 3 is 2.15 bits per heavy atom. The molecule has 6 N–H and O–H groups in total. The smallest absolute Gasteiger partial charge is 0.408 e. The van der Waals surface area contributed by atoms with E-state index in [-0.39, 0.29) is 12.3 Å². The second-order valence-corrected chi connectivity index (χ2v) is 10.3. The van der Waals surface area contributed by atoms with Crippen molar-refractivity contribution in [3.05, 3.63) is 58.7 Å². The number of para-hydroxylation sites is 1. The van der Waals surface area contributed by atoms with Crippen LogP contribution in [0.5, 0.6) is 5.75 Å². The maximum Gasteiger partial charge on any atom is 0.408 e. The summed E-state index contributed by atoms with van der Waals surface area (Å²) in [7, 11) is 0. The van der Waals surface area contributed by atoms with E-state index in [4.69, 9.17) is 10.5 Å². The molecular formula is C28H38N4O7. The van der Waals surface area contributed by atoms with Gasteiger partial charge in [0.2, 0.25) is 11.8 Å². The highest BCUT2D eigenvalue weighted by Gasteiger charge is 2.37. The number of alkyl carbamates (subject to hydrolysis) is 1. The van der Waals surface area contributed by atoms with Gasteiger partial charge in [0.05, 0.1) is 13.0 Å². The number of hydrogen-bond donors (Lipinski definition) is 5. The van der Waals surface area contributed by atoms with Crippen LogP contribution in [0.4, 0.5) is 10.5 Å². The van der Waals surface area contributed by atoms with Crippen molar-refractivity contribution >= 4 is 29.5 Å². The monoisotopic (exact) mass is 542 g/mol. The number of phenols is 1. The molecule has 0 fully saturated rings. The first-order valence-electron chi connectivity index (χ1n) is 12.5. The maximum absolute atomic E-state index is 13.8. The van der Waals surface area contributed by atoms with Gasteiger partial charge in [-0.3, -0.25) is 14.4 Å². The summed E-state index contributed by atoms with van der Waals surface area (Å²) < 4.78 is 5.24. The molecule has 11 heteroatoms. The van der Waals surface area contributed by atoms with Gasteiger partial charge in [0.25, 0.3) is 5.91 Å². The molecule has 2 atom stereocenters. The fourth-order valence-electron chi connectivity index (χ4n) is 4.05. The van der Waals surface area contributed by atoms with E-state index < -0.39 is 54.5 Å². The molecule has 2 aromatic carbocycles. The number of ether oxygens (including phenoxy) is 1. The highest BCUT2D eigenvalue weighted by molar-refractivity contribution is 6.00. The number of phenolic OH excluding ortho intramolecular Hbond substituents is 1. The van der Waals surface area contributed by atoms with Crippen molar-refractivity contribution in [2.24, 2.45) is 5.73 Å². The SMILES string of the molecule is Cc1cc(C(C(=O)Nc2c(C)cccc2C)N(CCO)C(=O)C(CC(N)=O)NC(=O)OC(C)(C)C)ccc1O. The Morgan fingerprint density at radius 2 is 1.64 bits per heavy atom. The van der Waals surface area contributed by atoms with Crippen LogP contribution >= 0.6 is 0 Å². The molecule has 0 saturated heterocycles. The van der Waals surface area contributed by atoms with Crippen molar-refractivity contribution in [3.8, 4) is 5.75 Å². The van der Waals surface area contributed by atoms with E-state index in [9.17, 15) is 29.4 Å². The largest absolute Gasteiger partial charge is 0.508 e. The molecule has 212 valence electrons. The third-order valence-electron chi connectivity index (χ3n) is 5.84. The summed E-state index contributed by atoms with van der Waals surface area (Å²) in [6, 6.07) is 7.15. The van der Waals surface area contributed by atoms with Gasteiger partial charge >= 0.3 is 6.09 Å². The second-order valence-electron chi connectivity index (χ2n) is 10.3. The van der Waals surface area contributed by atoms with Crippen LogP contribution in [0, 0.1) is 20.8 Å². The summed E-state index contributed by atoms with van der Waals surface area (Å²) in [6.45, 7) is 9.36. The summed E-state index contributed by atoms with van der Waals surface area (Å²) in [6.07, 6.45) is -1.53. The maximum atomic E-state index is 13.8. The lowest BCUT2D eigenvalue weighted by Crippen LogP contribution is -2.54. The third kappa shape index (κ3) is 8.71. The van der Waals surface area contributed by atoms with E-state index in [1.807, 2.05) is 32.0 Å². The topological polar surface area (TPSA) is 171 Å². The Bertz CT molecular complexity index is 1200. The van der Waals surface area contributed by atoms with Gasteiger partial charge in [0.15, 0.2) is 0 Å². The molecule has 0 aliphatic rings. The summed E-state index contributed by atoms with van der Waals surface area (Å²) >= 11 is 0. The number of aromatic hydroxyl groups is 1. The molecular weight excluding hydrogens is 504 g/mol. The molecule has 39 heavy (non-hydrogen) atoms. The molecule has 0 heterocycles. The van der Waals surface area contributed by atoms with Gasteiger partial charge in [-0.2, -0.15) is 0 Å². The Kier molecular flexibility index (Phi) is 10.4. The number of anilines is 1. The first-order valence-corrected chi connectivity index (χ1v) is 12.5. The summed E-state index contributed by atoms with van der Waals surface area (Å²) in [4.78, 5) is 53.1. The van der Waals surface area contributed by atoms with Crippen LogP contribution in [-0.2, 0) is 19.1 Å². The lowest BCUT2D eigenvalue weighted by molar-refractivity contribution is -0.142. The number of carbonyl (C=O) groups excluding carboxylic acids is 4. The van der Waals surface area contributed by atoms with Crippen LogP contribution in [0.25, 0.3) is 0 Å². The Morgan fingerprint density at radius 1 is 1.03 bits per heavy atom. The van der Waals surface area contributed by atoms with Crippen molar-refractivity contribution in [2.75, 3.05) is 18.5 Å². The van der Waals surface area contributed by atoms with E-state index in [0.29, 0.717) is 16.8 Å². The minimum atomic E-state index is -1.47. The number of aryl methyl sites for hydroxylation is 3. The molecule has 0 spiro atoms. The molecule has 11 nitrogen and oxygen atoms in total. The van der Waals surface area contributed by atoms with Crippen molar-refractivity contribution < 1.29 is 34.1 Å². The summed E-state index contributed by atoms with van der Waals surface area (Å²) in [5.41, 5.74) is 7.42. The predicted molar refractivity (Wildman–Crippen MR) is 146 cm³/mol. The van der Waals surface area contributed by atoms with Crippen LogP contribution in [0.1, 0.15) is 55.5 Å². The van der Waals surface area contributed by atoms with Crippen LogP contribution in [-0.4, -0.2) is 63.7 Å². The first-order chi connectivity index (χ1) is 18.1. The van der Waals surface area contributed by atoms with Crippen molar-refractivity contribution in [3.63, 3.8) is 0 Å². The molecule has 0 radical (unpaired) electrons. The molecule has 0 aliphatic heterocycles. The van der Waals surface area contributed by atoms with Crippen LogP contribution in [0.3, 0.4) is 0 Å². The van der Waals surface area contributed by atoms with Crippen LogP contribution in [0.2, 0.25) is 0 Å². The number of amides is 4. The Labute approximate surface area is 228 Å². The summed E-state index contributed by atoms with van der Waals surface area (Å²) in [5, 5.41) is 25.2. The highest BCUT2D eigenvalue weighted by atomic mass is 16.6. The molecule has 2 aromatic rings. The zero-order valence-corrected chi connectivity index (χ0v) is 23.2. The second kappa shape index (κ2) is 13.1. The molecule has 4 amide bonds. The van der Waals surface area contributed by atoms with E-state index in [0.717, 1.165) is 16.0 Å². The van der Waals surface area contributed by atoms with Gasteiger partial charge in [-0.15, -0.1) is 0 Å². The molecule has 0 bridgehead atoms. The lowest BCUT2D eigenvalue weighted by atomic mass is 9.99. The van der Waals surface area contributed by atoms with Gasteiger partial charge in [0.1, 0.15) is 23.4 Å². The van der Waals surface area contributed by atoms with Crippen molar-refractivity contribution in [1.29, 1.82) is 0 Å². The third-order valence-corrected chi connectivity index (χ3v) is 5.84. The summed E-state index contributed by atoms with van der Waals surface area (Å²) in [5.74, 6) is -2.31. The fourth-order valence-corrected chi connectivity index (χ4v) is 4.05. The molecule has 2 unspecified atom stereocenters. The molecule has 2 rings (SSSR count). The van der Waals surface area contributed by atoms with Gasteiger partial charge in [-0.05, 0) is 75.9 Å². The minimum absolute atomic E-state index is 0.00844. The number of nitrogens with two attached hydrogens (primary N) is 1. The Balaban J connectivity index is 2.58. The zero-order chi connectivity index (χ0) is 29.5. The number of hydrogen-bond acceptors (Lipinski definition) is 7. The molecule has 0 aliphatic carbocycles. The first kappa shape index (κ1) is 31.1. The number of nitrogens with zero attached hydrogens (tertiary/aromatic N) is 1. The number of carbonyl (C=O) groups is 4. The van der Waals surface area contributed by atoms with Crippen molar-refractivity contribution in [1.82, 2.24) is 10.2 Å². The lowest BCUT2D eigenvalue weighted by Gasteiger charge is -2.34. The van der Waals surface area contributed by atoms with Gasteiger partial charge < -0.3 is 36.2 Å². The molecule has 0 saturated carbocycles. The quantitative estimate of drug-likeness (QED) is 0.307. The van der Waals surface area contributed by atoms with Crippen molar-refractivity contribution in [2.45, 2.75) is 65.6 Å². The van der Waals surface area contributed by atoms with E-state index >= 15 is 0 Å². The molecule has 0 aromatic heterocycles. The van der Waals surface area contributed by atoms with E-state index in [1.165, 1.54) is 12.1 Å². The normalized spacial score (nSPS) is 12.7. The predicted octanol–water partition coefficient (Wildman–Crippen LogP) is 2.59. The fraction of sp³-hybridized carbons (Fsp3) is 0.429. The number of nitrogens with one attached hydrogen (secondary N) is 2. The van der Waals surface area contributed by atoms with Crippen LogP contribution < -0.4 is 16.4 Å². The standard InChI is InChI=1S/C28H38N4O7/c1-16-8-7-9-17(2)23(16)31-25(36)24(19-10-11-21(34)18(3)14-19)32(12-13-33)26(37)20(15-22(29)35)30-27(38)39-28(4,5)6/h7-11,14,20,24,33-34H,12-13,15H2,1-6H3,(H2,29,35)(H,30,38)(H,31,36). The van der Waals surface area contributed by atoms with E-state index in [2.05, 4.69) is 10.6 Å². The number of rotatable bonds is 10. The van der Waals surface area contributed by atoms with Crippen LogP contribution in [0.15, 0.2) is 36.4 Å². The highest BCUT2D eigenvalue weighted by Crippen LogP contribution is 2.29. The number of benzene rings is 2. The van der Waals surface area contributed by atoms with Gasteiger partial charge in [-0.1, -0.05) is 24.3 Å².